The standard InChI is InChI=1S/C18H24BrN3O2/c19-15-5-1-2-6-16(15)21-17(23)12-22-9-3-4-14(11-22)18(24)20-10-13-7-8-13/h1-2,5-6,13-14H,3-4,7-12H2,(H,20,24)(H,21,23). The van der Waals surface area contributed by atoms with Crippen LogP contribution in [0.2, 0.25) is 0 Å². The van der Waals surface area contributed by atoms with E-state index in [4.69, 9.17) is 0 Å². The molecule has 1 atom stereocenters. The summed E-state index contributed by atoms with van der Waals surface area (Å²) in [5, 5.41) is 5.99. The number of anilines is 1. The molecule has 1 aliphatic heterocycles. The number of likely N-dealkylation sites (tertiary alicyclic amines) is 1. The van der Waals surface area contributed by atoms with Gasteiger partial charge in [0, 0.05) is 17.6 Å². The first-order chi connectivity index (χ1) is 11.6. The van der Waals surface area contributed by atoms with E-state index in [-0.39, 0.29) is 17.7 Å². The van der Waals surface area contributed by atoms with Crippen molar-refractivity contribution in [1.29, 1.82) is 0 Å². The lowest BCUT2D eigenvalue weighted by molar-refractivity contribution is -0.128. The molecule has 2 amide bonds. The van der Waals surface area contributed by atoms with Crippen molar-refractivity contribution in [3.8, 4) is 0 Å². The van der Waals surface area contributed by atoms with Gasteiger partial charge in [0.25, 0.3) is 0 Å². The van der Waals surface area contributed by atoms with Crippen LogP contribution in [0.3, 0.4) is 0 Å². The number of rotatable bonds is 6. The Hall–Kier alpha value is -1.40. The fourth-order valence-corrected chi connectivity index (χ4v) is 3.46. The average molecular weight is 394 g/mol. The van der Waals surface area contributed by atoms with Crippen LogP contribution < -0.4 is 10.6 Å². The molecular weight excluding hydrogens is 370 g/mol. The molecule has 1 saturated carbocycles. The van der Waals surface area contributed by atoms with Crippen LogP contribution in [0.4, 0.5) is 5.69 Å². The summed E-state index contributed by atoms with van der Waals surface area (Å²) >= 11 is 3.43. The van der Waals surface area contributed by atoms with Crippen molar-refractivity contribution >= 4 is 33.4 Å². The maximum atomic E-state index is 12.3. The van der Waals surface area contributed by atoms with Crippen LogP contribution >= 0.6 is 15.9 Å². The van der Waals surface area contributed by atoms with Crippen LogP contribution in [0.1, 0.15) is 25.7 Å². The molecule has 0 aromatic heterocycles. The SMILES string of the molecule is O=C(CN1CCCC(C(=O)NCC2CC2)C1)Nc1ccccc1Br. The molecule has 1 saturated heterocycles. The van der Waals surface area contributed by atoms with Crippen molar-refractivity contribution in [1.82, 2.24) is 10.2 Å². The summed E-state index contributed by atoms with van der Waals surface area (Å²) in [4.78, 5) is 26.6. The molecule has 24 heavy (non-hydrogen) atoms. The molecule has 1 heterocycles. The summed E-state index contributed by atoms with van der Waals surface area (Å²) in [6, 6.07) is 7.57. The number of carbonyl (C=O) groups is 2. The van der Waals surface area contributed by atoms with Crippen molar-refractivity contribution in [3.05, 3.63) is 28.7 Å². The summed E-state index contributed by atoms with van der Waals surface area (Å²) in [5.41, 5.74) is 0.776. The Bertz CT molecular complexity index is 604. The van der Waals surface area contributed by atoms with E-state index in [1.54, 1.807) is 0 Å². The molecule has 1 unspecified atom stereocenters. The van der Waals surface area contributed by atoms with Crippen LogP contribution in [0.5, 0.6) is 0 Å². The number of carbonyl (C=O) groups excluding carboxylic acids is 2. The molecule has 2 fully saturated rings. The van der Waals surface area contributed by atoms with Crippen molar-refractivity contribution in [2.24, 2.45) is 11.8 Å². The minimum atomic E-state index is -0.0408. The molecule has 1 aromatic rings. The number of halogens is 1. The predicted molar refractivity (Wildman–Crippen MR) is 97.7 cm³/mol. The van der Waals surface area contributed by atoms with Crippen LogP contribution in [0.15, 0.2) is 28.7 Å². The zero-order valence-corrected chi connectivity index (χ0v) is 15.3. The highest BCUT2D eigenvalue weighted by Crippen LogP contribution is 2.28. The zero-order valence-electron chi connectivity index (χ0n) is 13.8. The van der Waals surface area contributed by atoms with E-state index < -0.39 is 0 Å². The molecule has 0 spiro atoms. The van der Waals surface area contributed by atoms with Crippen LogP contribution in [0, 0.1) is 11.8 Å². The first-order valence-electron chi connectivity index (χ1n) is 8.66. The van der Waals surface area contributed by atoms with E-state index in [2.05, 4.69) is 31.5 Å². The maximum absolute atomic E-state index is 12.3. The number of amides is 2. The Labute approximate surface area is 151 Å². The lowest BCUT2D eigenvalue weighted by atomic mass is 9.97. The third-order valence-electron chi connectivity index (χ3n) is 4.65. The van der Waals surface area contributed by atoms with Gasteiger partial charge < -0.3 is 10.6 Å². The van der Waals surface area contributed by atoms with Gasteiger partial charge in [-0.15, -0.1) is 0 Å². The minimum absolute atomic E-state index is 0.00811. The monoisotopic (exact) mass is 393 g/mol. The number of hydrogen-bond donors (Lipinski definition) is 2. The van der Waals surface area contributed by atoms with E-state index in [0.29, 0.717) is 19.0 Å². The molecule has 0 bridgehead atoms. The zero-order chi connectivity index (χ0) is 16.9. The number of benzene rings is 1. The van der Waals surface area contributed by atoms with E-state index in [1.165, 1.54) is 12.8 Å². The first kappa shape index (κ1) is 17.4. The summed E-state index contributed by atoms with van der Waals surface area (Å²) in [5.74, 6) is 0.816. The number of hydrogen-bond acceptors (Lipinski definition) is 3. The highest BCUT2D eigenvalue weighted by atomic mass is 79.9. The van der Waals surface area contributed by atoms with Crippen molar-refractivity contribution < 1.29 is 9.59 Å². The Kier molecular flexibility index (Phi) is 5.89. The highest BCUT2D eigenvalue weighted by molar-refractivity contribution is 9.10. The van der Waals surface area contributed by atoms with Crippen LogP contribution in [0.25, 0.3) is 0 Å². The van der Waals surface area contributed by atoms with Gasteiger partial charge in [0.05, 0.1) is 18.2 Å². The molecule has 2 aliphatic rings. The third-order valence-corrected chi connectivity index (χ3v) is 5.34. The van der Waals surface area contributed by atoms with Gasteiger partial charge in [0.15, 0.2) is 0 Å². The van der Waals surface area contributed by atoms with Gasteiger partial charge in [-0.2, -0.15) is 0 Å². The normalized spacial score (nSPS) is 21.3. The van der Waals surface area contributed by atoms with Crippen molar-refractivity contribution in [2.75, 3.05) is 31.5 Å². The summed E-state index contributed by atoms with van der Waals surface area (Å²) in [6.45, 7) is 2.68. The lowest BCUT2D eigenvalue weighted by Gasteiger charge is -2.31. The molecule has 1 aliphatic carbocycles. The number of piperidine rings is 1. The van der Waals surface area contributed by atoms with E-state index >= 15 is 0 Å². The molecule has 5 nitrogen and oxygen atoms in total. The minimum Gasteiger partial charge on any atom is -0.356 e. The number of para-hydroxylation sites is 1. The molecule has 130 valence electrons. The van der Waals surface area contributed by atoms with Crippen molar-refractivity contribution in [2.45, 2.75) is 25.7 Å². The van der Waals surface area contributed by atoms with Gasteiger partial charge in [-0.25, -0.2) is 0 Å². The number of nitrogens with zero attached hydrogens (tertiary/aromatic N) is 1. The van der Waals surface area contributed by atoms with Gasteiger partial charge in [0.1, 0.15) is 0 Å². The maximum Gasteiger partial charge on any atom is 0.238 e. The van der Waals surface area contributed by atoms with E-state index in [9.17, 15) is 9.59 Å². The second-order valence-electron chi connectivity index (χ2n) is 6.79. The van der Waals surface area contributed by atoms with Crippen molar-refractivity contribution in [3.63, 3.8) is 0 Å². The van der Waals surface area contributed by atoms with Gasteiger partial charge in [-0.1, -0.05) is 12.1 Å². The van der Waals surface area contributed by atoms with Gasteiger partial charge in [-0.3, -0.25) is 14.5 Å². The van der Waals surface area contributed by atoms with Gasteiger partial charge in [0.2, 0.25) is 11.8 Å². The van der Waals surface area contributed by atoms with Crippen LogP contribution in [-0.4, -0.2) is 42.9 Å². The summed E-state index contributed by atoms with van der Waals surface area (Å²) in [6.07, 6.45) is 4.36. The fourth-order valence-electron chi connectivity index (χ4n) is 3.08. The largest absolute Gasteiger partial charge is 0.356 e. The second-order valence-corrected chi connectivity index (χ2v) is 7.65. The molecule has 0 radical (unpaired) electrons. The quantitative estimate of drug-likeness (QED) is 0.780. The smallest absolute Gasteiger partial charge is 0.238 e. The molecule has 3 rings (SSSR count). The topological polar surface area (TPSA) is 61.4 Å². The molecular formula is C18H24BrN3O2. The predicted octanol–water partition coefficient (Wildman–Crippen LogP) is 2.63. The summed E-state index contributed by atoms with van der Waals surface area (Å²) in [7, 11) is 0. The molecule has 2 N–H and O–H groups in total. The Morgan fingerprint density at radius 3 is 2.75 bits per heavy atom. The number of nitrogens with one attached hydrogen (secondary N) is 2. The Morgan fingerprint density at radius 1 is 1.21 bits per heavy atom. The highest BCUT2D eigenvalue weighted by Gasteiger charge is 2.28. The molecule has 6 heteroatoms. The summed E-state index contributed by atoms with van der Waals surface area (Å²) < 4.78 is 0.870. The van der Waals surface area contributed by atoms with Gasteiger partial charge >= 0.3 is 0 Å². The fraction of sp³-hybridized carbons (Fsp3) is 0.556. The first-order valence-corrected chi connectivity index (χ1v) is 9.45. The lowest BCUT2D eigenvalue weighted by Crippen LogP contribution is -2.45. The van der Waals surface area contributed by atoms with Crippen LogP contribution in [-0.2, 0) is 9.59 Å². The second kappa shape index (κ2) is 8.12. The van der Waals surface area contributed by atoms with Gasteiger partial charge in [-0.05, 0) is 66.2 Å². The average Bonchev–Trinajstić information content (AvgIpc) is 3.39. The Morgan fingerprint density at radius 2 is 2.00 bits per heavy atom. The van der Waals surface area contributed by atoms with E-state index in [1.807, 2.05) is 24.3 Å². The Balaban J connectivity index is 1.46. The van der Waals surface area contributed by atoms with E-state index in [0.717, 1.165) is 36.1 Å². The third kappa shape index (κ3) is 5.05. The molecule has 1 aromatic carbocycles.